The fourth-order valence-corrected chi connectivity index (χ4v) is 3.96. The van der Waals surface area contributed by atoms with Crippen LogP contribution < -0.4 is 14.8 Å². The van der Waals surface area contributed by atoms with Crippen LogP contribution in [0.2, 0.25) is 0 Å². The molecule has 28 heavy (non-hydrogen) atoms. The molecule has 0 aliphatic carbocycles. The van der Waals surface area contributed by atoms with Crippen molar-refractivity contribution < 1.29 is 14.3 Å². The van der Waals surface area contributed by atoms with Crippen molar-refractivity contribution in [2.75, 3.05) is 6.61 Å². The summed E-state index contributed by atoms with van der Waals surface area (Å²) in [5, 5.41) is 3.17. The van der Waals surface area contributed by atoms with Crippen LogP contribution >= 0.6 is 0 Å². The number of ether oxygens (including phenoxy) is 2. The van der Waals surface area contributed by atoms with Gasteiger partial charge < -0.3 is 14.8 Å². The number of rotatable bonds is 6. The lowest BCUT2D eigenvalue weighted by atomic mass is 9.83. The van der Waals surface area contributed by atoms with E-state index in [0.717, 1.165) is 47.5 Å². The molecule has 1 atom stereocenters. The lowest BCUT2D eigenvalue weighted by Crippen LogP contribution is -2.45. The number of fused-ring (bicyclic) bond motifs is 1. The largest absolute Gasteiger partial charge is 0.487 e. The number of benzene rings is 2. The van der Waals surface area contributed by atoms with E-state index in [0.29, 0.717) is 0 Å². The maximum Gasteiger partial charge on any atom is 0.258 e. The van der Waals surface area contributed by atoms with Crippen molar-refractivity contribution in [1.29, 1.82) is 0 Å². The number of carbonyl (C=O) groups is 1. The molecule has 0 saturated heterocycles. The summed E-state index contributed by atoms with van der Waals surface area (Å²) >= 11 is 0. The molecule has 0 bridgehead atoms. The number of aryl methyl sites for hydroxylation is 2. The van der Waals surface area contributed by atoms with Crippen LogP contribution in [0.25, 0.3) is 0 Å². The minimum Gasteiger partial charge on any atom is -0.487 e. The maximum atomic E-state index is 12.7. The Morgan fingerprint density at radius 3 is 2.61 bits per heavy atom. The molecule has 3 rings (SSSR count). The summed E-state index contributed by atoms with van der Waals surface area (Å²) in [6.45, 7) is 10.4. The van der Waals surface area contributed by atoms with Gasteiger partial charge in [0.05, 0.1) is 6.04 Å². The van der Waals surface area contributed by atoms with E-state index in [1.807, 2.05) is 44.2 Å². The third-order valence-electron chi connectivity index (χ3n) is 5.94. The van der Waals surface area contributed by atoms with E-state index in [-0.39, 0.29) is 24.2 Å². The Morgan fingerprint density at radius 1 is 1.18 bits per heavy atom. The molecule has 0 fully saturated rings. The van der Waals surface area contributed by atoms with Crippen molar-refractivity contribution >= 4 is 5.91 Å². The van der Waals surface area contributed by atoms with E-state index >= 15 is 0 Å². The van der Waals surface area contributed by atoms with Gasteiger partial charge in [-0.25, -0.2) is 0 Å². The molecule has 1 aliphatic rings. The van der Waals surface area contributed by atoms with Crippen LogP contribution in [0.15, 0.2) is 36.4 Å². The first-order chi connectivity index (χ1) is 13.4. The van der Waals surface area contributed by atoms with Crippen LogP contribution in [0.3, 0.4) is 0 Å². The molecule has 2 aromatic rings. The highest BCUT2D eigenvalue weighted by Gasteiger charge is 2.38. The van der Waals surface area contributed by atoms with E-state index in [1.54, 1.807) is 0 Å². The smallest absolute Gasteiger partial charge is 0.258 e. The topological polar surface area (TPSA) is 47.6 Å². The molecule has 0 unspecified atom stereocenters. The van der Waals surface area contributed by atoms with Gasteiger partial charge >= 0.3 is 0 Å². The molecule has 1 amide bonds. The standard InChI is InChI=1S/C24H31NO3/c1-6-24(7-2)14-20(19-10-8-9-11-21(19)28-24)25-23(26)15-27-22-13-16(3)12-17(4)18(22)5/h8-13,20H,6-7,14-15H2,1-5H3,(H,25,26)/t20-/m0/s1. The summed E-state index contributed by atoms with van der Waals surface area (Å²) in [5.41, 5.74) is 4.18. The van der Waals surface area contributed by atoms with E-state index < -0.39 is 0 Å². The van der Waals surface area contributed by atoms with E-state index in [2.05, 4.69) is 32.2 Å². The summed E-state index contributed by atoms with van der Waals surface area (Å²) in [5.74, 6) is 1.53. The second kappa shape index (κ2) is 8.26. The van der Waals surface area contributed by atoms with Gasteiger partial charge in [0.2, 0.25) is 0 Å². The van der Waals surface area contributed by atoms with E-state index in [9.17, 15) is 4.79 Å². The first-order valence-corrected chi connectivity index (χ1v) is 10.2. The van der Waals surface area contributed by atoms with Gasteiger partial charge in [0.15, 0.2) is 6.61 Å². The normalized spacial score (nSPS) is 17.4. The quantitative estimate of drug-likeness (QED) is 0.749. The first-order valence-electron chi connectivity index (χ1n) is 10.2. The fourth-order valence-electron chi connectivity index (χ4n) is 3.96. The minimum absolute atomic E-state index is 0.00844. The van der Waals surface area contributed by atoms with Crippen LogP contribution in [0, 0.1) is 20.8 Å². The molecule has 2 aromatic carbocycles. The molecular weight excluding hydrogens is 350 g/mol. The summed E-state index contributed by atoms with van der Waals surface area (Å²) in [7, 11) is 0. The molecule has 0 saturated carbocycles. The summed E-state index contributed by atoms with van der Waals surface area (Å²) in [6, 6.07) is 12.0. The molecule has 0 aromatic heterocycles. The second-order valence-electron chi connectivity index (χ2n) is 7.85. The van der Waals surface area contributed by atoms with E-state index in [4.69, 9.17) is 9.47 Å². The minimum atomic E-state index is -0.239. The molecule has 1 N–H and O–H groups in total. The Hall–Kier alpha value is -2.49. The number of amides is 1. The lowest BCUT2D eigenvalue weighted by Gasteiger charge is -2.41. The van der Waals surface area contributed by atoms with Gasteiger partial charge in [-0.05, 0) is 62.4 Å². The van der Waals surface area contributed by atoms with Gasteiger partial charge in [0.25, 0.3) is 5.91 Å². The van der Waals surface area contributed by atoms with Crippen molar-refractivity contribution in [1.82, 2.24) is 5.32 Å². The van der Waals surface area contributed by atoms with Gasteiger partial charge in [0.1, 0.15) is 17.1 Å². The average molecular weight is 382 g/mol. The third kappa shape index (κ3) is 4.16. The van der Waals surface area contributed by atoms with Crippen LogP contribution in [0.4, 0.5) is 0 Å². The highest BCUT2D eigenvalue weighted by molar-refractivity contribution is 5.78. The predicted molar refractivity (Wildman–Crippen MR) is 112 cm³/mol. The summed E-state index contributed by atoms with van der Waals surface area (Å²) in [4.78, 5) is 12.7. The zero-order chi connectivity index (χ0) is 20.3. The Bertz CT molecular complexity index is 855. The molecule has 4 nitrogen and oxygen atoms in total. The Kier molecular flexibility index (Phi) is 5.97. The molecule has 4 heteroatoms. The zero-order valence-corrected chi connectivity index (χ0v) is 17.6. The highest BCUT2D eigenvalue weighted by atomic mass is 16.5. The SMILES string of the molecule is CCC1(CC)C[C@H](NC(=O)COc2cc(C)cc(C)c2C)c2ccccc2O1. The van der Waals surface area contributed by atoms with Crippen molar-refractivity contribution in [3.05, 3.63) is 58.7 Å². The van der Waals surface area contributed by atoms with Crippen LogP contribution in [0.5, 0.6) is 11.5 Å². The fraction of sp³-hybridized carbons (Fsp3) is 0.458. The summed E-state index contributed by atoms with van der Waals surface area (Å²) < 4.78 is 12.2. The van der Waals surface area contributed by atoms with Crippen molar-refractivity contribution in [3.63, 3.8) is 0 Å². The number of nitrogens with one attached hydrogen (secondary N) is 1. The van der Waals surface area contributed by atoms with Crippen molar-refractivity contribution in [2.24, 2.45) is 0 Å². The predicted octanol–water partition coefficient (Wildman–Crippen LogP) is 5.19. The molecule has 150 valence electrons. The highest BCUT2D eigenvalue weighted by Crippen LogP contribution is 2.42. The monoisotopic (exact) mass is 381 g/mol. The third-order valence-corrected chi connectivity index (χ3v) is 5.94. The van der Waals surface area contributed by atoms with Gasteiger partial charge in [-0.1, -0.05) is 38.1 Å². The van der Waals surface area contributed by atoms with Crippen LogP contribution in [-0.4, -0.2) is 18.1 Å². The molecule has 0 spiro atoms. The molecule has 0 radical (unpaired) electrons. The number of hydrogen-bond acceptors (Lipinski definition) is 3. The Morgan fingerprint density at radius 2 is 1.89 bits per heavy atom. The first kappa shape index (κ1) is 20.2. The maximum absolute atomic E-state index is 12.7. The average Bonchev–Trinajstić information content (AvgIpc) is 2.69. The lowest BCUT2D eigenvalue weighted by molar-refractivity contribution is -0.124. The summed E-state index contributed by atoms with van der Waals surface area (Å²) in [6.07, 6.45) is 2.58. The Balaban J connectivity index is 1.73. The zero-order valence-electron chi connectivity index (χ0n) is 17.6. The van der Waals surface area contributed by atoms with Gasteiger partial charge in [-0.15, -0.1) is 0 Å². The van der Waals surface area contributed by atoms with Crippen LogP contribution in [-0.2, 0) is 4.79 Å². The molecule has 1 aliphatic heterocycles. The molecule has 1 heterocycles. The Labute approximate surface area is 168 Å². The van der Waals surface area contributed by atoms with Crippen molar-refractivity contribution in [3.8, 4) is 11.5 Å². The molecular formula is C24H31NO3. The van der Waals surface area contributed by atoms with Crippen LogP contribution in [0.1, 0.15) is 61.4 Å². The van der Waals surface area contributed by atoms with Crippen molar-refractivity contribution in [2.45, 2.75) is 65.5 Å². The van der Waals surface area contributed by atoms with Gasteiger partial charge in [0, 0.05) is 12.0 Å². The number of carbonyl (C=O) groups excluding carboxylic acids is 1. The van der Waals surface area contributed by atoms with Gasteiger partial charge in [-0.2, -0.15) is 0 Å². The van der Waals surface area contributed by atoms with Gasteiger partial charge in [-0.3, -0.25) is 4.79 Å². The number of para-hydroxylation sites is 1. The van der Waals surface area contributed by atoms with E-state index in [1.165, 1.54) is 5.56 Å². The number of hydrogen-bond donors (Lipinski definition) is 1. The second-order valence-corrected chi connectivity index (χ2v) is 7.85.